The van der Waals surface area contributed by atoms with Crippen molar-refractivity contribution in [2.45, 2.75) is 12.3 Å². The van der Waals surface area contributed by atoms with Gasteiger partial charge in [0, 0.05) is 36.2 Å². The van der Waals surface area contributed by atoms with Crippen molar-refractivity contribution in [2.75, 3.05) is 18.6 Å². The highest BCUT2D eigenvalue weighted by molar-refractivity contribution is 5.96. The monoisotopic (exact) mass is 360 g/mol. The maximum Gasteiger partial charge on any atom is 0.257 e. The molecule has 0 spiro atoms. The molecule has 1 fully saturated rings. The van der Waals surface area contributed by atoms with Crippen molar-refractivity contribution in [1.29, 1.82) is 5.26 Å². The van der Waals surface area contributed by atoms with Crippen molar-refractivity contribution >= 4 is 11.6 Å². The molecule has 3 aromatic rings. The molecule has 7 heteroatoms. The number of hydrogen-bond acceptors (Lipinski definition) is 6. The molecule has 2 heterocycles. The van der Waals surface area contributed by atoms with Gasteiger partial charge in [0.15, 0.2) is 5.82 Å². The molecule has 1 unspecified atom stereocenters. The van der Waals surface area contributed by atoms with Gasteiger partial charge in [0.05, 0.1) is 18.7 Å². The third-order valence-electron chi connectivity index (χ3n) is 4.54. The van der Waals surface area contributed by atoms with Crippen molar-refractivity contribution in [2.24, 2.45) is 0 Å². The Morgan fingerprint density at radius 2 is 2.11 bits per heavy atom. The number of benzene rings is 2. The summed E-state index contributed by atoms with van der Waals surface area (Å²) in [4.78, 5) is 18.6. The normalized spacial score (nSPS) is 16.4. The second kappa shape index (κ2) is 6.92. The molecule has 1 saturated heterocycles. The van der Waals surface area contributed by atoms with Crippen LogP contribution in [0.2, 0.25) is 0 Å². The van der Waals surface area contributed by atoms with Crippen molar-refractivity contribution < 1.29 is 14.1 Å². The number of rotatable bonds is 4. The molecule has 1 aliphatic heterocycles. The van der Waals surface area contributed by atoms with Gasteiger partial charge in [0.1, 0.15) is 5.75 Å². The van der Waals surface area contributed by atoms with Crippen molar-refractivity contribution in [3.8, 4) is 23.3 Å². The minimum atomic E-state index is -0.152. The van der Waals surface area contributed by atoms with Crippen LogP contribution in [-0.2, 0) is 4.79 Å². The van der Waals surface area contributed by atoms with Gasteiger partial charge in [-0.3, -0.25) is 4.79 Å². The standard InChI is InChI=1S/C20H16N4O3/c1-26-17-7-3-6-16(10-17)24-12-15(9-18(24)25)19-22-20(27-23-19)14-5-2-4-13(8-14)11-21/h2-8,10,15H,9,12H2,1H3. The Labute approximate surface area is 155 Å². The van der Waals surface area contributed by atoms with Crippen LogP contribution in [0.5, 0.6) is 5.75 Å². The van der Waals surface area contributed by atoms with Gasteiger partial charge in [-0.15, -0.1) is 0 Å². The minimum Gasteiger partial charge on any atom is -0.497 e. The predicted octanol–water partition coefficient (Wildman–Crippen LogP) is 3.14. The Hall–Kier alpha value is -3.66. The molecule has 1 aliphatic rings. The zero-order valence-corrected chi connectivity index (χ0v) is 14.6. The number of carbonyl (C=O) groups is 1. The molecule has 134 valence electrons. The number of methoxy groups -OCH3 is 1. The summed E-state index contributed by atoms with van der Waals surface area (Å²) in [6.07, 6.45) is 0.314. The fraction of sp³-hybridized carbons (Fsp3) is 0.200. The highest BCUT2D eigenvalue weighted by Crippen LogP contribution is 2.32. The lowest BCUT2D eigenvalue weighted by Gasteiger charge is -2.16. The summed E-state index contributed by atoms with van der Waals surface area (Å²) in [7, 11) is 1.59. The van der Waals surface area contributed by atoms with Crippen LogP contribution in [0.1, 0.15) is 23.7 Å². The van der Waals surface area contributed by atoms with Crippen molar-refractivity contribution in [3.63, 3.8) is 0 Å². The summed E-state index contributed by atoms with van der Waals surface area (Å²) in [5.74, 6) is 1.38. The summed E-state index contributed by atoms with van der Waals surface area (Å²) in [6, 6.07) is 16.5. The van der Waals surface area contributed by atoms with Gasteiger partial charge >= 0.3 is 0 Å². The Morgan fingerprint density at radius 3 is 2.93 bits per heavy atom. The summed E-state index contributed by atoms with van der Waals surface area (Å²) in [6.45, 7) is 0.475. The number of carbonyl (C=O) groups excluding carboxylic acids is 1. The summed E-state index contributed by atoms with van der Waals surface area (Å²) in [5.41, 5.74) is 1.99. The van der Waals surface area contributed by atoms with Gasteiger partial charge < -0.3 is 14.2 Å². The minimum absolute atomic E-state index is 0.00563. The smallest absolute Gasteiger partial charge is 0.257 e. The van der Waals surface area contributed by atoms with Crippen molar-refractivity contribution in [1.82, 2.24) is 10.1 Å². The zero-order valence-electron chi connectivity index (χ0n) is 14.6. The maximum absolute atomic E-state index is 12.5. The van der Waals surface area contributed by atoms with Crippen LogP contribution in [0.15, 0.2) is 53.1 Å². The summed E-state index contributed by atoms with van der Waals surface area (Å²) >= 11 is 0. The van der Waals surface area contributed by atoms with Gasteiger partial charge in [-0.1, -0.05) is 17.3 Å². The van der Waals surface area contributed by atoms with E-state index >= 15 is 0 Å². The quantitative estimate of drug-likeness (QED) is 0.710. The Bertz CT molecular complexity index is 1040. The van der Waals surface area contributed by atoms with Crippen molar-refractivity contribution in [3.05, 3.63) is 59.9 Å². The number of nitrogens with zero attached hydrogens (tertiary/aromatic N) is 4. The van der Waals surface area contributed by atoms with Crippen LogP contribution < -0.4 is 9.64 Å². The average Bonchev–Trinajstić information content (AvgIpc) is 3.35. The fourth-order valence-corrected chi connectivity index (χ4v) is 3.15. The molecule has 0 bridgehead atoms. The van der Waals surface area contributed by atoms with Crippen LogP contribution in [0.3, 0.4) is 0 Å². The van der Waals surface area contributed by atoms with Crippen LogP contribution in [0.25, 0.3) is 11.5 Å². The lowest BCUT2D eigenvalue weighted by atomic mass is 10.1. The number of aromatic nitrogens is 2. The molecular weight excluding hydrogens is 344 g/mol. The topological polar surface area (TPSA) is 92.2 Å². The zero-order chi connectivity index (χ0) is 18.8. The molecule has 0 N–H and O–H groups in total. The Kier molecular flexibility index (Phi) is 4.30. The number of ether oxygens (including phenoxy) is 1. The van der Waals surface area contributed by atoms with E-state index in [-0.39, 0.29) is 11.8 Å². The number of amides is 1. The average molecular weight is 360 g/mol. The number of anilines is 1. The second-order valence-corrected chi connectivity index (χ2v) is 6.26. The van der Waals surface area contributed by atoms with E-state index in [0.717, 1.165) is 5.69 Å². The second-order valence-electron chi connectivity index (χ2n) is 6.26. The third kappa shape index (κ3) is 3.25. The highest BCUT2D eigenvalue weighted by Gasteiger charge is 2.34. The Balaban J connectivity index is 1.56. The molecular formula is C20H16N4O3. The predicted molar refractivity (Wildman–Crippen MR) is 97.2 cm³/mol. The van der Waals surface area contributed by atoms with Crippen LogP contribution >= 0.6 is 0 Å². The molecule has 1 amide bonds. The van der Waals surface area contributed by atoms with Gasteiger partial charge in [0.2, 0.25) is 5.91 Å². The molecule has 0 aliphatic carbocycles. The molecule has 1 aromatic heterocycles. The van der Waals surface area contributed by atoms with Gasteiger partial charge in [-0.2, -0.15) is 10.2 Å². The first-order chi connectivity index (χ1) is 13.2. The molecule has 2 aromatic carbocycles. The van der Waals surface area contributed by atoms with E-state index < -0.39 is 0 Å². The first-order valence-electron chi connectivity index (χ1n) is 8.46. The summed E-state index contributed by atoms with van der Waals surface area (Å²) < 4.78 is 10.6. The fourth-order valence-electron chi connectivity index (χ4n) is 3.15. The van der Waals surface area contributed by atoms with E-state index in [9.17, 15) is 4.79 Å². The third-order valence-corrected chi connectivity index (χ3v) is 4.54. The molecule has 0 saturated carbocycles. The molecule has 27 heavy (non-hydrogen) atoms. The lowest BCUT2D eigenvalue weighted by Crippen LogP contribution is -2.24. The lowest BCUT2D eigenvalue weighted by molar-refractivity contribution is -0.117. The maximum atomic E-state index is 12.5. The van der Waals surface area contributed by atoms with E-state index in [4.69, 9.17) is 14.5 Å². The van der Waals surface area contributed by atoms with E-state index in [0.29, 0.717) is 41.6 Å². The molecule has 0 radical (unpaired) electrons. The van der Waals surface area contributed by atoms with E-state index in [1.807, 2.05) is 24.3 Å². The van der Waals surface area contributed by atoms with E-state index in [1.165, 1.54) is 0 Å². The van der Waals surface area contributed by atoms with Gasteiger partial charge in [-0.25, -0.2) is 0 Å². The first kappa shape index (κ1) is 16.8. The van der Waals surface area contributed by atoms with Crippen LogP contribution in [0, 0.1) is 11.3 Å². The molecule has 7 nitrogen and oxygen atoms in total. The number of nitriles is 1. The van der Waals surface area contributed by atoms with Gasteiger partial charge in [-0.05, 0) is 30.3 Å². The SMILES string of the molecule is COc1cccc(N2CC(c3noc(-c4cccc(C#N)c4)n3)CC2=O)c1. The van der Waals surface area contributed by atoms with E-state index in [1.54, 1.807) is 36.3 Å². The van der Waals surface area contributed by atoms with E-state index in [2.05, 4.69) is 16.2 Å². The molecule has 4 rings (SSSR count). The number of hydrogen-bond donors (Lipinski definition) is 0. The highest BCUT2D eigenvalue weighted by atomic mass is 16.5. The first-order valence-corrected chi connectivity index (χ1v) is 8.46. The molecule has 1 atom stereocenters. The van der Waals surface area contributed by atoms with Crippen LogP contribution in [0.4, 0.5) is 5.69 Å². The Morgan fingerprint density at radius 1 is 1.26 bits per heavy atom. The van der Waals surface area contributed by atoms with Gasteiger partial charge in [0.25, 0.3) is 5.89 Å². The van der Waals surface area contributed by atoms with Crippen LogP contribution in [-0.4, -0.2) is 29.7 Å². The summed E-state index contributed by atoms with van der Waals surface area (Å²) in [5, 5.41) is 13.1. The largest absolute Gasteiger partial charge is 0.497 e.